The zero-order valence-electron chi connectivity index (χ0n) is 10.9. The quantitative estimate of drug-likeness (QED) is 0.455. The molecule has 1 aromatic heterocycles. The standard InChI is InChI=1S/C12H13IN4O2S/c1-18-9-4-7(3-8(13)11(9)19-2)5-15-17-12-16-10(14)6-20-12/h3-6H,14H2,1-2H3,(H,16,17). The fourth-order valence-corrected chi connectivity index (χ4v) is 2.91. The Morgan fingerprint density at radius 2 is 2.20 bits per heavy atom. The highest BCUT2D eigenvalue weighted by Gasteiger charge is 2.09. The van der Waals surface area contributed by atoms with Gasteiger partial charge < -0.3 is 15.2 Å². The molecule has 0 saturated carbocycles. The first kappa shape index (κ1) is 14.9. The second-order valence-corrected chi connectivity index (χ2v) is 5.71. The largest absolute Gasteiger partial charge is 0.493 e. The van der Waals surface area contributed by atoms with Crippen molar-refractivity contribution in [2.45, 2.75) is 0 Å². The number of aromatic nitrogens is 1. The summed E-state index contributed by atoms with van der Waals surface area (Å²) in [4.78, 5) is 4.05. The maximum Gasteiger partial charge on any atom is 0.205 e. The van der Waals surface area contributed by atoms with Crippen molar-refractivity contribution in [3.63, 3.8) is 0 Å². The van der Waals surface area contributed by atoms with Crippen molar-refractivity contribution in [3.05, 3.63) is 26.6 Å². The number of nitrogen functional groups attached to an aromatic ring is 1. The van der Waals surface area contributed by atoms with Gasteiger partial charge in [0.1, 0.15) is 5.82 Å². The summed E-state index contributed by atoms with van der Waals surface area (Å²) in [6.45, 7) is 0. The van der Waals surface area contributed by atoms with Crippen molar-refractivity contribution in [3.8, 4) is 11.5 Å². The summed E-state index contributed by atoms with van der Waals surface area (Å²) in [5.74, 6) is 1.86. The van der Waals surface area contributed by atoms with Crippen LogP contribution in [0, 0.1) is 3.57 Å². The number of benzene rings is 1. The molecule has 1 aromatic carbocycles. The molecular formula is C12H13IN4O2S. The maximum atomic E-state index is 5.53. The fraction of sp³-hybridized carbons (Fsp3) is 0.167. The van der Waals surface area contributed by atoms with E-state index < -0.39 is 0 Å². The van der Waals surface area contributed by atoms with E-state index in [1.54, 1.807) is 25.8 Å². The minimum Gasteiger partial charge on any atom is -0.493 e. The number of ether oxygens (including phenoxy) is 2. The lowest BCUT2D eigenvalue weighted by Crippen LogP contribution is -1.96. The van der Waals surface area contributed by atoms with Gasteiger partial charge in [-0.2, -0.15) is 5.10 Å². The van der Waals surface area contributed by atoms with Crippen LogP contribution in [0.25, 0.3) is 0 Å². The van der Waals surface area contributed by atoms with Crippen LogP contribution in [0.3, 0.4) is 0 Å². The van der Waals surface area contributed by atoms with E-state index in [9.17, 15) is 0 Å². The van der Waals surface area contributed by atoms with E-state index in [4.69, 9.17) is 15.2 Å². The SMILES string of the molecule is COc1cc(C=NNc2nc(N)cs2)cc(I)c1OC. The second-order valence-electron chi connectivity index (χ2n) is 3.69. The van der Waals surface area contributed by atoms with Crippen LogP contribution in [0.5, 0.6) is 11.5 Å². The molecule has 8 heteroatoms. The van der Waals surface area contributed by atoms with Gasteiger partial charge in [0.25, 0.3) is 0 Å². The molecule has 0 aliphatic carbocycles. The molecule has 0 unspecified atom stereocenters. The molecule has 0 spiro atoms. The molecule has 6 nitrogen and oxygen atoms in total. The molecule has 106 valence electrons. The summed E-state index contributed by atoms with van der Waals surface area (Å²) < 4.78 is 11.5. The van der Waals surface area contributed by atoms with Crippen LogP contribution < -0.4 is 20.6 Å². The number of hydrogen-bond donors (Lipinski definition) is 2. The third kappa shape index (κ3) is 3.51. The molecule has 0 saturated heterocycles. The van der Waals surface area contributed by atoms with Crippen LogP contribution in [-0.2, 0) is 0 Å². The van der Waals surface area contributed by atoms with Crippen LogP contribution in [0.2, 0.25) is 0 Å². The lowest BCUT2D eigenvalue weighted by Gasteiger charge is -2.10. The van der Waals surface area contributed by atoms with E-state index in [-0.39, 0.29) is 0 Å². The Morgan fingerprint density at radius 1 is 1.40 bits per heavy atom. The molecule has 2 rings (SSSR count). The average Bonchev–Trinajstić information content (AvgIpc) is 2.83. The van der Waals surface area contributed by atoms with Crippen LogP contribution >= 0.6 is 33.9 Å². The maximum absolute atomic E-state index is 5.53. The Labute approximate surface area is 134 Å². The number of hydrazone groups is 1. The lowest BCUT2D eigenvalue weighted by atomic mass is 10.2. The molecule has 0 aliphatic heterocycles. The minimum atomic E-state index is 0.480. The molecular weight excluding hydrogens is 391 g/mol. The first-order valence-corrected chi connectivity index (χ1v) is 7.51. The summed E-state index contributed by atoms with van der Waals surface area (Å²) in [5, 5.41) is 6.51. The zero-order chi connectivity index (χ0) is 14.5. The predicted molar refractivity (Wildman–Crippen MR) is 90.0 cm³/mol. The van der Waals surface area contributed by atoms with E-state index in [0.29, 0.717) is 22.4 Å². The Balaban J connectivity index is 2.15. The van der Waals surface area contributed by atoms with E-state index in [2.05, 4.69) is 38.1 Å². The molecule has 20 heavy (non-hydrogen) atoms. The second kappa shape index (κ2) is 6.75. The van der Waals surface area contributed by atoms with E-state index in [1.807, 2.05) is 12.1 Å². The summed E-state index contributed by atoms with van der Waals surface area (Å²) in [6, 6.07) is 3.80. The summed E-state index contributed by atoms with van der Waals surface area (Å²) >= 11 is 3.58. The highest BCUT2D eigenvalue weighted by Crippen LogP contribution is 2.33. The minimum absolute atomic E-state index is 0.480. The monoisotopic (exact) mass is 404 g/mol. The van der Waals surface area contributed by atoms with Crippen LogP contribution in [0.15, 0.2) is 22.6 Å². The van der Waals surface area contributed by atoms with Gasteiger partial charge in [-0.3, -0.25) is 5.43 Å². The van der Waals surface area contributed by atoms with Crippen molar-refractivity contribution >= 4 is 51.1 Å². The van der Waals surface area contributed by atoms with Gasteiger partial charge in [0.05, 0.1) is 24.0 Å². The number of rotatable bonds is 5. The Hall–Kier alpha value is -1.55. The summed E-state index contributed by atoms with van der Waals surface area (Å²) in [6.07, 6.45) is 1.68. The Bertz CT molecular complexity index is 630. The van der Waals surface area contributed by atoms with Gasteiger partial charge in [0.2, 0.25) is 5.13 Å². The number of methoxy groups -OCH3 is 2. The van der Waals surface area contributed by atoms with Crippen molar-refractivity contribution < 1.29 is 9.47 Å². The number of anilines is 2. The van der Waals surface area contributed by atoms with Gasteiger partial charge in [0, 0.05) is 5.38 Å². The van der Waals surface area contributed by atoms with E-state index in [0.717, 1.165) is 9.13 Å². The normalized spacial score (nSPS) is 10.8. The number of nitrogens with zero attached hydrogens (tertiary/aromatic N) is 2. The van der Waals surface area contributed by atoms with Crippen molar-refractivity contribution in [1.29, 1.82) is 0 Å². The van der Waals surface area contributed by atoms with Gasteiger partial charge in [-0.05, 0) is 40.3 Å². The smallest absolute Gasteiger partial charge is 0.205 e. The van der Waals surface area contributed by atoms with Crippen LogP contribution in [0.1, 0.15) is 5.56 Å². The molecule has 1 heterocycles. The topological polar surface area (TPSA) is 81.8 Å². The molecule has 0 aliphatic rings. The zero-order valence-corrected chi connectivity index (χ0v) is 13.9. The van der Waals surface area contributed by atoms with Gasteiger partial charge in [-0.1, -0.05) is 0 Å². The third-order valence-electron chi connectivity index (χ3n) is 2.35. The molecule has 3 N–H and O–H groups in total. The van der Waals surface area contributed by atoms with Crippen LogP contribution in [0.4, 0.5) is 10.9 Å². The number of nitrogens with two attached hydrogens (primary N) is 1. The van der Waals surface area contributed by atoms with Crippen molar-refractivity contribution in [2.75, 3.05) is 25.4 Å². The first-order chi connectivity index (χ1) is 9.63. The van der Waals surface area contributed by atoms with Gasteiger partial charge in [0.15, 0.2) is 11.5 Å². The molecule has 0 fully saturated rings. The van der Waals surface area contributed by atoms with Crippen molar-refractivity contribution in [2.24, 2.45) is 5.10 Å². The predicted octanol–water partition coefficient (Wildman–Crippen LogP) is 2.79. The molecule has 0 bridgehead atoms. The molecule has 0 radical (unpaired) electrons. The Kier molecular flexibility index (Phi) is 5.01. The van der Waals surface area contributed by atoms with E-state index in [1.165, 1.54) is 11.3 Å². The van der Waals surface area contributed by atoms with E-state index >= 15 is 0 Å². The Morgan fingerprint density at radius 3 is 2.80 bits per heavy atom. The highest BCUT2D eigenvalue weighted by atomic mass is 127. The molecule has 0 atom stereocenters. The molecule has 2 aromatic rings. The first-order valence-electron chi connectivity index (χ1n) is 5.55. The fourth-order valence-electron chi connectivity index (χ4n) is 1.51. The van der Waals surface area contributed by atoms with Gasteiger partial charge in [-0.25, -0.2) is 4.98 Å². The number of nitrogens with one attached hydrogen (secondary N) is 1. The lowest BCUT2D eigenvalue weighted by molar-refractivity contribution is 0.353. The number of halogens is 1. The van der Waals surface area contributed by atoms with Crippen LogP contribution in [-0.4, -0.2) is 25.4 Å². The van der Waals surface area contributed by atoms with Gasteiger partial charge >= 0.3 is 0 Å². The number of thiazole rings is 1. The number of hydrogen-bond acceptors (Lipinski definition) is 7. The average molecular weight is 404 g/mol. The highest BCUT2D eigenvalue weighted by molar-refractivity contribution is 14.1. The van der Waals surface area contributed by atoms with Gasteiger partial charge in [-0.15, -0.1) is 11.3 Å². The summed E-state index contributed by atoms with van der Waals surface area (Å²) in [7, 11) is 3.22. The molecule has 0 amide bonds. The van der Waals surface area contributed by atoms with Crippen molar-refractivity contribution in [1.82, 2.24) is 4.98 Å². The summed E-state index contributed by atoms with van der Waals surface area (Å²) in [5.41, 5.74) is 9.24. The third-order valence-corrected chi connectivity index (χ3v) is 3.92.